The van der Waals surface area contributed by atoms with Crippen molar-refractivity contribution < 1.29 is 23.4 Å². The minimum Gasteiger partial charge on any atom is -0.541 e. The zero-order valence-corrected chi connectivity index (χ0v) is 20.0. The van der Waals surface area contributed by atoms with Gasteiger partial charge >= 0.3 is 0 Å². The van der Waals surface area contributed by atoms with Crippen LogP contribution in [-0.2, 0) is 0 Å². The molecule has 0 aromatic heterocycles. The predicted octanol–water partition coefficient (Wildman–Crippen LogP) is 6.03. The average Bonchev–Trinajstić information content (AvgIpc) is 2.70. The maximum atomic E-state index is 6.52. The van der Waals surface area contributed by atoms with E-state index in [1.165, 1.54) is 0 Å². The third-order valence-electron chi connectivity index (χ3n) is 5.68. The van der Waals surface area contributed by atoms with Crippen molar-refractivity contribution in [3.63, 3.8) is 0 Å². The Bertz CT molecular complexity index is 911. The van der Waals surface area contributed by atoms with Crippen LogP contribution in [0.4, 0.5) is 0 Å². The molecule has 6 heteroatoms. The first-order valence-corrected chi connectivity index (χ1v) is 13.1. The van der Waals surface area contributed by atoms with Gasteiger partial charge in [0.1, 0.15) is 19.0 Å². The number of hydrogen-bond donors (Lipinski definition) is 0. The molecule has 3 rings (SSSR count). The molecule has 0 spiro atoms. The van der Waals surface area contributed by atoms with Crippen LogP contribution in [0.5, 0.6) is 28.7 Å². The van der Waals surface area contributed by atoms with Gasteiger partial charge in [-0.1, -0.05) is 39.0 Å². The molecule has 0 unspecified atom stereocenters. The van der Waals surface area contributed by atoms with Crippen molar-refractivity contribution in [3.8, 4) is 28.7 Å². The fourth-order valence-electron chi connectivity index (χ4n) is 2.89. The summed E-state index contributed by atoms with van der Waals surface area (Å²) < 4.78 is 28.9. The lowest BCUT2D eigenvalue weighted by Crippen LogP contribution is -2.43. The molecule has 0 N–H and O–H groups in total. The lowest BCUT2D eigenvalue weighted by molar-refractivity contribution is 0.165. The van der Waals surface area contributed by atoms with Crippen molar-refractivity contribution in [2.24, 2.45) is 0 Å². The number of ether oxygens (including phenoxy) is 4. The van der Waals surface area contributed by atoms with Gasteiger partial charge in [0.05, 0.1) is 14.2 Å². The van der Waals surface area contributed by atoms with Gasteiger partial charge in [0.15, 0.2) is 17.2 Å². The van der Waals surface area contributed by atoms with E-state index in [2.05, 4.69) is 33.9 Å². The number of methoxy groups -OCH3 is 2. The van der Waals surface area contributed by atoms with Gasteiger partial charge < -0.3 is 23.4 Å². The van der Waals surface area contributed by atoms with Gasteiger partial charge in [0, 0.05) is 0 Å². The highest BCUT2D eigenvalue weighted by atomic mass is 28.4. The van der Waals surface area contributed by atoms with Crippen LogP contribution in [0.25, 0.3) is 12.2 Å². The van der Waals surface area contributed by atoms with E-state index >= 15 is 0 Å². The molecule has 0 radical (unpaired) electrons. The van der Waals surface area contributed by atoms with E-state index < -0.39 is 8.32 Å². The normalized spacial score (nSPS) is 14.0. The molecule has 0 amide bonds. The highest BCUT2D eigenvalue weighted by molar-refractivity contribution is 6.74. The first-order valence-electron chi connectivity index (χ1n) is 10.2. The standard InChI is InChI=1S/C24H32O5Si/c1-24(2,3)30(6,7)29-20-14-17(10-11-19(20)25-4)8-9-18-15-21(26-5)23-22(16-18)27-12-13-28-23/h8-11,14-16H,12-13H2,1-7H3/b9-8+. The Hall–Kier alpha value is -2.60. The topological polar surface area (TPSA) is 46.2 Å². The molecule has 1 heterocycles. The van der Waals surface area contributed by atoms with Crippen molar-refractivity contribution in [1.82, 2.24) is 0 Å². The van der Waals surface area contributed by atoms with Crippen molar-refractivity contribution >= 4 is 20.5 Å². The van der Waals surface area contributed by atoms with Crippen LogP contribution < -0.4 is 23.4 Å². The average molecular weight is 429 g/mol. The fraction of sp³-hybridized carbons (Fsp3) is 0.417. The molecule has 0 fully saturated rings. The van der Waals surface area contributed by atoms with Crippen molar-refractivity contribution in [2.75, 3.05) is 27.4 Å². The lowest BCUT2D eigenvalue weighted by atomic mass is 10.1. The van der Waals surface area contributed by atoms with Crippen LogP contribution in [0, 0.1) is 0 Å². The van der Waals surface area contributed by atoms with Crippen molar-refractivity contribution in [2.45, 2.75) is 38.9 Å². The van der Waals surface area contributed by atoms with Gasteiger partial charge in [-0.05, 0) is 53.5 Å². The molecule has 30 heavy (non-hydrogen) atoms. The molecule has 0 saturated carbocycles. The Balaban J connectivity index is 1.89. The molecule has 1 aliphatic rings. The summed E-state index contributed by atoms with van der Waals surface area (Å²) in [4.78, 5) is 0. The van der Waals surface area contributed by atoms with E-state index in [-0.39, 0.29) is 5.04 Å². The SMILES string of the molecule is COc1ccc(/C=C/c2cc(OC)c3c(c2)OCCO3)cc1O[Si](C)(C)C(C)(C)C. The Morgan fingerprint density at radius 2 is 1.47 bits per heavy atom. The van der Waals surface area contributed by atoms with Gasteiger partial charge in [-0.3, -0.25) is 0 Å². The summed E-state index contributed by atoms with van der Waals surface area (Å²) in [6.07, 6.45) is 4.07. The van der Waals surface area contributed by atoms with Crippen molar-refractivity contribution in [1.29, 1.82) is 0 Å². The summed E-state index contributed by atoms with van der Waals surface area (Å²) in [5.41, 5.74) is 2.00. The molecule has 5 nitrogen and oxygen atoms in total. The summed E-state index contributed by atoms with van der Waals surface area (Å²) in [5, 5.41) is 0.103. The van der Waals surface area contributed by atoms with Gasteiger partial charge in [0.2, 0.25) is 5.75 Å². The highest BCUT2D eigenvalue weighted by Gasteiger charge is 2.39. The number of benzene rings is 2. The van der Waals surface area contributed by atoms with Crippen molar-refractivity contribution in [3.05, 3.63) is 41.5 Å². The third kappa shape index (κ3) is 4.75. The lowest BCUT2D eigenvalue weighted by Gasteiger charge is -2.36. The highest BCUT2D eigenvalue weighted by Crippen LogP contribution is 2.42. The summed E-state index contributed by atoms with van der Waals surface area (Å²) >= 11 is 0. The van der Waals surface area contributed by atoms with Crippen LogP contribution in [-0.4, -0.2) is 35.8 Å². The molecule has 0 saturated heterocycles. The predicted molar refractivity (Wildman–Crippen MR) is 124 cm³/mol. The number of hydrogen-bond acceptors (Lipinski definition) is 5. The van der Waals surface area contributed by atoms with E-state index in [0.717, 1.165) is 22.6 Å². The zero-order chi connectivity index (χ0) is 21.9. The monoisotopic (exact) mass is 428 g/mol. The summed E-state index contributed by atoms with van der Waals surface area (Å²) in [5.74, 6) is 3.57. The van der Waals surface area contributed by atoms with Crippen LogP contribution in [0.1, 0.15) is 31.9 Å². The first-order chi connectivity index (χ1) is 14.1. The molecule has 2 aromatic carbocycles. The molecule has 162 valence electrons. The molecular formula is C24H32O5Si. The van der Waals surface area contributed by atoms with E-state index in [4.69, 9.17) is 23.4 Å². The van der Waals surface area contributed by atoms with Crippen LogP contribution >= 0.6 is 0 Å². The van der Waals surface area contributed by atoms with E-state index in [9.17, 15) is 0 Å². The fourth-order valence-corrected chi connectivity index (χ4v) is 3.90. The minimum absolute atomic E-state index is 0.103. The Kier molecular flexibility index (Phi) is 6.36. The van der Waals surface area contributed by atoms with E-state index in [1.54, 1.807) is 14.2 Å². The Morgan fingerprint density at radius 3 is 2.13 bits per heavy atom. The van der Waals surface area contributed by atoms with Crippen LogP contribution in [0.2, 0.25) is 18.1 Å². The zero-order valence-electron chi connectivity index (χ0n) is 19.0. The van der Waals surface area contributed by atoms with Gasteiger partial charge in [-0.25, -0.2) is 0 Å². The third-order valence-corrected chi connectivity index (χ3v) is 10.0. The molecule has 0 atom stereocenters. The quantitative estimate of drug-likeness (QED) is 0.415. The van der Waals surface area contributed by atoms with E-state index in [0.29, 0.717) is 30.5 Å². The first kappa shape index (κ1) is 22.1. The number of fused-ring (bicyclic) bond motifs is 1. The maximum Gasteiger partial charge on any atom is 0.250 e. The molecule has 0 bridgehead atoms. The Morgan fingerprint density at radius 1 is 0.833 bits per heavy atom. The second kappa shape index (κ2) is 8.64. The number of rotatable bonds is 6. The van der Waals surface area contributed by atoms with Crippen LogP contribution in [0.3, 0.4) is 0 Å². The largest absolute Gasteiger partial charge is 0.541 e. The van der Waals surface area contributed by atoms with Gasteiger partial charge in [-0.2, -0.15) is 0 Å². The summed E-state index contributed by atoms with van der Waals surface area (Å²) in [6, 6.07) is 9.91. The van der Waals surface area contributed by atoms with E-state index in [1.807, 2.05) is 42.5 Å². The molecule has 1 aliphatic heterocycles. The summed E-state index contributed by atoms with van der Waals surface area (Å²) in [6.45, 7) is 12.2. The smallest absolute Gasteiger partial charge is 0.250 e. The maximum absolute atomic E-state index is 6.52. The second-order valence-electron chi connectivity index (χ2n) is 8.85. The Labute approximate surface area is 180 Å². The van der Waals surface area contributed by atoms with Crippen LogP contribution in [0.15, 0.2) is 30.3 Å². The second-order valence-corrected chi connectivity index (χ2v) is 13.6. The molecule has 0 aliphatic carbocycles. The molecule has 2 aromatic rings. The summed E-state index contributed by atoms with van der Waals surface area (Å²) in [7, 11) is 1.32. The minimum atomic E-state index is -1.98. The van der Waals surface area contributed by atoms with Gasteiger partial charge in [0.25, 0.3) is 8.32 Å². The van der Waals surface area contributed by atoms with Gasteiger partial charge in [-0.15, -0.1) is 0 Å². The molecular weight excluding hydrogens is 396 g/mol.